The van der Waals surface area contributed by atoms with Gasteiger partial charge in [-0.1, -0.05) is 31.1 Å². The highest BCUT2D eigenvalue weighted by Crippen LogP contribution is 2.48. The average molecular weight is 341 g/mol. The van der Waals surface area contributed by atoms with E-state index in [0.29, 0.717) is 6.54 Å². The molecule has 1 aliphatic heterocycles. The van der Waals surface area contributed by atoms with Crippen LogP contribution in [0.25, 0.3) is 0 Å². The van der Waals surface area contributed by atoms with Crippen LogP contribution in [0.5, 0.6) is 5.75 Å². The summed E-state index contributed by atoms with van der Waals surface area (Å²) in [4.78, 5) is 5.51. The van der Waals surface area contributed by atoms with Gasteiger partial charge in [0, 0.05) is 5.69 Å². The van der Waals surface area contributed by atoms with Gasteiger partial charge in [-0.3, -0.25) is 4.68 Å². The van der Waals surface area contributed by atoms with Crippen LogP contribution in [0.3, 0.4) is 0 Å². The highest BCUT2D eigenvalue weighted by atomic mass is 16.7. The Balaban J connectivity index is 1.66. The lowest BCUT2D eigenvalue weighted by Gasteiger charge is -2.36. The molecule has 1 aliphatic carbocycles. The molecule has 25 heavy (non-hydrogen) atoms. The number of aromatic nitrogens is 2. The van der Waals surface area contributed by atoms with Crippen LogP contribution in [0.2, 0.25) is 0 Å². The quantitative estimate of drug-likeness (QED) is 0.928. The maximum Gasteiger partial charge on any atom is 0.272 e. The Morgan fingerprint density at radius 2 is 2.12 bits per heavy atom. The number of oxime groups is 1. The monoisotopic (exact) mass is 341 g/mol. The van der Waals surface area contributed by atoms with E-state index in [9.17, 15) is 5.11 Å². The Kier molecular flexibility index (Phi) is 3.80. The standard InChI is InChI=1S/C19H23N3O3/c1-4-16-18-12(2)9-17-15(19(18,23)25-21-16)10-20-22(17)11-13-5-7-14(24-3)8-6-13/h5-8,10,12,18,23H,4,9,11H2,1-3H3. The zero-order valence-corrected chi connectivity index (χ0v) is 14.8. The van der Waals surface area contributed by atoms with Crippen molar-refractivity contribution >= 4 is 5.71 Å². The third-order valence-corrected chi connectivity index (χ3v) is 5.36. The van der Waals surface area contributed by atoms with Crippen molar-refractivity contribution in [3.8, 4) is 5.75 Å². The fraction of sp³-hybridized carbons (Fsp3) is 0.474. The number of hydrogen-bond acceptors (Lipinski definition) is 5. The molecule has 132 valence electrons. The third-order valence-electron chi connectivity index (χ3n) is 5.36. The van der Waals surface area contributed by atoms with E-state index in [0.717, 1.165) is 41.1 Å². The molecule has 0 amide bonds. The molecule has 2 aromatic rings. The fourth-order valence-corrected chi connectivity index (χ4v) is 4.07. The van der Waals surface area contributed by atoms with Crippen molar-refractivity contribution in [1.82, 2.24) is 9.78 Å². The molecular formula is C19H23N3O3. The summed E-state index contributed by atoms with van der Waals surface area (Å²) in [7, 11) is 1.66. The highest BCUT2D eigenvalue weighted by molar-refractivity contribution is 5.89. The second-order valence-electron chi connectivity index (χ2n) is 6.89. The maximum absolute atomic E-state index is 11.2. The summed E-state index contributed by atoms with van der Waals surface area (Å²) in [5.74, 6) is -0.398. The molecule has 0 fully saturated rings. The van der Waals surface area contributed by atoms with E-state index in [1.54, 1.807) is 13.3 Å². The van der Waals surface area contributed by atoms with Crippen molar-refractivity contribution in [2.45, 2.75) is 39.0 Å². The minimum atomic E-state index is -1.38. The second-order valence-corrected chi connectivity index (χ2v) is 6.89. The first kappa shape index (κ1) is 16.1. The summed E-state index contributed by atoms with van der Waals surface area (Å²) in [5, 5.41) is 19.8. The molecule has 2 aliphatic rings. The number of aliphatic hydroxyl groups is 1. The van der Waals surface area contributed by atoms with Crippen molar-refractivity contribution in [1.29, 1.82) is 0 Å². The van der Waals surface area contributed by atoms with E-state index in [1.165, 1.54) is 0 Å². The number of nitrogens with zero attached hydrogens (tertiary/aromatic N) is 3. The lowest BCUT2D eigenvalue weighted by Crippen LogP contribution is -2.44. The number of rotatable bonds is 4. The first-order chi connectivity index (χ1) is 12.1. The van der Waals surface area contributed by atoms with E-state index in [-0.39, 0.29) is 11.8 Å². The van der Waals surface area contributed by atoms with Crippen LogP contribution >= 0.6 is 0 Å². The van der Waals surface area contributed by atoms with E-state index >= 15 is 0 Å². The maximum atomic E-state index is 11.2. The largest absolute Gasteiger partial charge is 0.497 e. The molecule has 0 spiro atoms. The van der Waals surface area contributed by atoms with Crippen molar-refractivity contribution in [3.63, 3.8) is 0 Å². The summed E-state index contributed by atoms with van der Waals surface area (Å²) in [5.41, 5.74) is 3.83. The summed E-state index contributed by atoms with van der Waals surface area (Å²) in [6, 6.07) is 7.94. The van der Waals surface area contributed by atoms with Crippen LogP contribution in [0, 0.1) is 11.8 Å². The lowest BCUT2D eigenvalue weighted by atomic mass is 9.72. The molecule has 6 nitrogen and oxygen atoms in total. The minimum Gasteiger partial charge on any atom is -0.497 e. The van der Waals surface area contributed by atoms with Gasteiger partial charge in [0.25, 0.3) is 5.79 Å². The van der Waals surface area contributed by atoms with E-state index in [4.69, 9.17) is 9.57 Å². The third kappa shape index (κ3) is 2.43. The van der Waals surface area contributed by atoms with Gasteiger partial charge in [0.15, 0.2) is 0 Å². The Labute approximate surface area is 147 Å². The molecule has 0 saturated heterocycles. The van der Waals surface area contributed by atoms with Crippen molar-refractivity contribution < 1.29 is 14.7 Å². The molecule has 3 atom stereocenters. The average Bonchev–Trinajstić information content (AvgIpc) is 3.18. The molecule has 1 N–H and O–H groups in total. The van der Waals surface area contributed by atoms with Crippen LogP contribution in [0.4, 0.5) is 0 Å². The number of methoxy groups -OCH3 is 1. The van der Waals surface area contributed by atoms with Gasteiger partial charge in [-0.05, 0) is 36.5 Å². The minimum absolute atomic E-state index is 0.0939. The van der Waals surface area contributed by atoms with Gasteiger partial charge in [0.05, 0.1) is 37.0 Å². The Morgan fingerprint density at radius 3 is 2.80 bits per heavy atom. The van der Waals surface area contributed by atoms with Gasteiger partial charge in [-0.25, -0.2) is 0 Å². The van der Waals surface area contributed by atoms with Crippen LogP contribution in [0.15, 0.2) is 35.6 Å². The van der Waals surface area contributed by atoms with Crippen molar-refractivity contribution in [2.75, 3.05) is 7.11 Å². The second kappa shape index (κ2) is 5.88. The lowest BCUT2D eigenvalue weighted by molar-refractivity contribution is -0.229. The van der Waals surface area contributed by atoms with Gasteiger partial charge in [0.2, 0.25) is 0 Å². The van der Waals surface area contributed by atoms with Gasteiger partial charge in [0.1, 0.15) is 5.75 Å². The van der Waals surface area contributed by atoms with Crippen molar-refractivity contribution in [2.24, 2.45) is 17.0 Å². The summed E-state index contributed by atoms with van der Waals surface area (Å²) in [6.07, 6.45) is 3.36. The number of benzene rings is 1. The predicted molar refractivity (Wildman–Crippen MR) is 93.4 cm³/mol. The predicted octanol–water partition coefficient (Wildman–Crippen LogP) is 2.69. The summed E-state index contributed by atoms with van der Waals surface area (Å²) in [6.45, 7) is 4.83. The fourth-order valence-electron chi connectivity index (χ4n) is 4.07. The molecule has 2 heterocycles. The molecule has 4 rings (SSSR count). The molecule has 0 radical (unpaired) electrons. The first-order valence-corrected chi connectivity index (χ1v) is 8.72. The molecule has 1 aromatic heterocycles. The van der Waals surface area contributed by atoms with Crippen LogP contribution in [-0.4, -0.2) is 27.7 Å². The van der Waals surface area contributed by atoms with Crippen LogP contribution < -0.4 is 4.74 Å². The Morgan fingerprint density at radius 1 is 1.36 bits per heavy atom. The zero-order valence-electron chi connectivity index (χ0n) is 14.8. The normalized spacial score (nSPS) is 27.3. The number of fused-ring (bicyclic) bond motifs is 3. The molecule has 3 unspecified atom stereocenters. The summed E-state index contributed by atoms with van der Waals surface area (Å²) < 4.78 is 7.16. The smallest absolute Gasteiger partial charge is 0.272 e. The Bertz CT molecular complexity index is 812. The summed E-state index contributed by atoms with van der Waals surface area (Å²) >= 11 is 0. The van der Waals surface area contributed by atoms with Crippen LogP contribution in [0.1, 0.15) is 37.1 Å². The van der Waals surface area contributed by atoms with Gasteiger partial charge >= 0.3 is 0 Å². The van der Waals surface area contributed by atoms with E-state index < -0.39 is 5.79 Å². The zero-order chi connectivity index (χ0) is 17.6. The molecular weight excluding hydrogens is 318 g/mol. The van der Waals surface area contributed by atoms with Gasteiger partial charge < -0.3 is 14.7 Å². The number of ether oxygens (including phenoxy) is 1. The molecule has 6 heteroatoms. The first-order valence-electron chi connectivity index (χ1n) is 8.72. The molecule has 1 aromatic carbocycles. The topological polar surface area (TPSA) is 68.9 Å². The van der Waals surface area contributed by atoms with Crippen LogP contribution in [-0.2, 0) is 23.6 Å². The number of hydrogen-bond donors (Lipinski definition) is 1. The van der Waals surface area contributed by atoms with Gasteiger partial charge in [-0.15, -0.1) is 0 Å². The SMILES string of the molecule is CCC1=NOC2(O)c3cnn(Cc4ccc(OC)cc4)c3CC(C)C12. The van der Waals surface area contributed by atoms with E-state index in [1.807, 2.05) is 35.9 Å². The molecule has 0 bridgehead atoms. The van der Waals surface area contributed by atoms with Gasteiger partial charge in [-0.2, -0.15) is 5.10 Å². The van der Waals surface area contributed by atoms with Crippen molar-refractivity contribution in [3.05, 3.63) is 47.3 Å². The van der Waals surface area contributed by atoms with E-state index in [2.05, 4.69) is 17.2 Å². The highest BCUT2D eigenvalue weighted by Gasteiger charge is 2.55. The molecule has 0 saturated carbocycles. The Hall–Kier alpha value is -2.34.